The van der Waals surface area contributed by atoms with Gasteiger partial charge in [-0.15, -0.1) is 0 Å². The Bertz CT molecular complexity index is 201. The normalized spacial score (nSPS) is 20.0. The van der Waals surface area contributed by atoms with Crippen molar-refractivity contribution in [3.8, 4) is 0 Å². The first-order valence-corrected chi connectivity index (χ1v) is 6.22. The highest BCUT2D eigenvalue weighted by molar-refractivity contribution is 5.75. The number of carbonyl (C=O) groups is 1. The maximum Gasteiger partial charge on any atom is 0.223 e. The molecule has 1 aliphatic rings. The number of amides is 1. The lowest BCUT2D eigenvalue weighted by molar-refractivity contribution is -0.128. The number of nitrogens with one attached hydrogen (secondary N) is 1. The van der Waals surface area contributed by atoms with Crippen molar-refractivity contribution >= 4 is 5.91 Å². The van der Waals surface area contributed by atoms with Crippen LogP contribution in [0.1, 0.15) is 32.1 Å². The first kappa shape index (κ1) is 13.5. The number of carbonyl (C=O) groups excluding carboxylic acids is 1. The van der Waals surface area contributed by atoms with Crippen LogP contribution in [0, 0.1) is 0 Å². The molecular formula is C12H24N2O2. The summed E-state index contributed by atoms with van der Waals surface area (Å²) < 4.78 is 5.54. The Morgan fingerprint density at radius 1 is 1.44 bits per heavy atom. The van der Waals surface area contributed by atoms with Crippen LogP contribution in [0.15, 0.2) is 0 Å². The first-order valence-electron chi connectivity index (χ1n) is 6.22. The van der Waals surface area contributed by atoms with Crippen LogP contribution in [0.3, 0.4) is 0 Å². The van der Waals surface area contributed by atoms with Crippen molar-refractivity contribution in [2.75, 3.05) is 33.8 Å². The summed E-state index contributed by atoms with van der Waals surface area (Å²) in [5.41, 5.74) is 0. The molecule has 0 aromatic carbocycles. The van der Waals surface area contributed by atoms with Crippen LogP contribution in [0.25, 0.3) is 0 Å². The molecule has 4 nitrogen and oxygen atoms in total. The Morgan fingerprint density at radius 3 is 2.88 bits per heavy atom. The van der Waals surface area contributed by atoms with Crippen molar-refractivity contribution in [2.45, 2.75) is 38.2 Å². The number of nitrogens with zero attached hydrogens (tertiary/aromatic N) is 1. The van der Waals surface area contributed by atoms with Gasteiger partial charge in [0, 0.05) is 33.7 Å². The molecule has 1 rings (SSSR count). The molecule has 1 heterocycles. The molecule has 0 radical (unpaired) electrons. The van der Waals surface area contributed by atoms with Crippen molar-refractivity contribution in [1.82, 2.24) is 10.2 Å². The van der Waals surface area contributed by atoms with E-state index in [4.69, 9.17) is 4.74 Å². The van der Waals surface area contributed by atoms with Gasteiger partial charge >= 0.3 is 0 Å². The zero-order valence-electron chi connectivity index (χ0n) is 10.5. The van der Waals surface area contributed by atoms with E-state index in [-0.39, 0.29) is 5.91 Å². The van der Waals surface area contributed by atoms with E-state index in [9.17, 15) is 4.79 Å². The number of rotatable bonds is 7. The highest BCUT2D eigenvalue weighted by atomic mass is 16.5. The second-order valence-electron chi connectivity index (χ2n) is 4.57. The predicted molar refractivity (Wildman–Crippen MR) is 64.4 cm³/mol. The van der Waals surface area contributed by atoms with E-state index in [0.29, 0.717) is 12.5 Å². The summed E-state index contributed by atoms with van der Waals surface area (Å²) >= 11 is 0. The third-order valence-electron chi connectivity index (χ3n) is 2.92. The third kappa shape index (κ3) is 5.47. The van der Waals surface area contributed by atoms with Crippen molar-refractivity contribution in [3.63, 3.8) is 0 Å². The molecule has 0 spiro atoms. The molecule has 0 aliphatic carbocycles. The summed E-state index contributed by atoms with van der Waals surface area (Å²) in [5.74, 6) is 0.187. The Labute approximate surface area is 98.3 Å². The quantitative estimate of drug-likeness (QED) is 0.661. The summed E-state index contributed by atoms with van der Waals surface area (Å²) in [4.78, 5) is 12.9. The fraction of sp³-hybridized carbons (Fsp3) is 0.917. The highest BCUT2D eigenvalue weighted by Gasteiger charge is 2.14. The van der Waals surface area contributed by atoms with Gasteiger partial charge in [0.2, 0.25) is 5.91 Å². The van der Waals surface area contributed by atoms with Gasteiger partial charge in [-0.2, -0.15) is 0 Å². The van der Waals surface area contributed by atoms with Crippen LogP contribution < -0.4 is 5.32 Å². The average Bonchev–Trinajstić information content (AvgIpc) is 2.75. The van der Waals surface area contributed by atoms with Crippen molar-refractivity contribution in [3.05, 3.63) is 0 Å². The minimum absolute atomic E-state index is 0.187. The van der Waals surface area contributed by atoms with Gasteiger partial charge in [-0.25, -0.2) is 0 Å². The topological polar surface area (TPSA) is 41.6 Å². The molecule has 16 heavy (non-hydrogen) atoms. The predicted octanol–water partition coefficient (Wildman–Crippen LogP) is 1.01. The number of hydrogen-bond acceptors (Lipinski definition) is 3. The number of ether oxygens (including phenoxy) is 1. The highest BCUT2D eigenvalue weighted by Crippen LogP contribution is 2.16. The van der Waals surface area contributed by atoms with Crippen LogP contribution in [-0.2, 0) is 9.53 Å². The van der Waals surface area contributed by atoms with E-state index in [0.717, 1.165) is 32.5 Å². The number of hydrogen-bond donors (Lipinski definition) is 1. The van der Waals surface area contributed by atoms with E-state index in [2.05, 4.69) is 5.32 Å². The van der Waals surface area contributed by atoms with Crippen LogP contribution in [0.2, 0.25) is 0 Å². The fourth-order valence-corrected chi connectivity index (χ4v) is 1.87. The molecule has 1 fully saturated rings. The van der Waals surface area contributed by atoms with Crippen LogP contribution in [0.5, 0.6) is 0 Å². The standard InChI is InChI=1S/C12H24N2O2/c1-14(2)12(15)7-9-13-8-3-5-11-6-4-10-16-11/h11,13H,3-10H2,1-2H3. The summed E-state index contributed by atoms with van der Waals surface area (Å²) in [6.07, 6.45) is 5.81. The lowest BCUT2D eigenvalue weighted by Crippen LogP contribution is -2.27. The monoisotopic (exact) mass is 228 g/mol. The SMILES string of the molecule is CN(C)C(=O)CCNCCCC1CCCO1. The van der Waals surface area contributed by atoms with Crippen LogP contribution >= 0.6 is 0 Å². The molecule has 0 saturated carbocycles. The van der Waals surface area contributed by atoms with Gasteiger partial charge in [0.1, 0.15) is 0 Å². The smallest absolute Gasteiger partial charge is 0.223 e. The minimum Gasteiger partial charge on any atom is -0.378 e. The lowest BCUT2D eigenvalue weighted by Gasteiger charge is -2.11. The van der Waals surface area contributed by atoms with Gasteiger partial charge in [-0.05, 0) is 32.2 Å². The van der Waals surface area contributed by atoms with Gasteiger partial charge < -0.3 is 15.0 Å². The molecule has 1 unspecified atom stereocenters. The molecule has 1 N–H and O–H groups in total. The Hall–Kier alpha value is -0.610. The first-order chi connectivity index (χ1) is 7.70. The molecule has 1 saturated heterocycles. The maximum absolute atomic E-state index is 11.3. The second-order valence-corrected chi connectivity index (χ2v) is 4.57. The zero-order chi connectivity index (χ0) is 11.8. The molecule has 0 aromatic heterocycles. The van der Waals surface area contributed by atoms with Gasteiger partial charge in [-0.3, -0.25) is 4.79 Å². The lowest BCUT2D eigenvalue weighted by atomic mass is 10.1. The van der Waals surface area contributed by atoms with Crippen molar-refractivity contribution in [2.24, 2.45) is 0 Å². The van der Waals surface area contributed by atoms with Gasteiger partial charge in [-0.1, -0.05) is 0 Å². The third-order valence-corrected chi connectivity index (χ3v) is 2.92. The molecule has 1 amide bonds. The molecular weight excluding hydrogens is 204 g/mol. The Morgan fingerprint density at radius 2 is 2.25 bits per heavy atom. The second kappa shape index (κ2) is 7.63. The van der Waals surface area contributed by atoms with Gasteiger partial charge in [0.15, 0.2) is 0 Å². The summed E-state index contributed by atoms with van der Waals surface area (Å²) in [6, 6.07) is 0. The summed E-state index contributed by atoms with van der Waals surface area (Å²) in [7, 11) is 3.58. The van der Waals surface area contributed by atoms with Crippen molar-refractivity contribution in [1.29, 1.82) is 0 Å². The van der Waals surface area contributed by atoms with E-state index in [1.807, 2.05) is 0 Å². The zero-order valence-corrected chi connectivity index (χ0v) is 10.5. The minimum atomic E-state index is 0.187. The Balaban J connectivity index is 1.86. The van der Waals surface area contributed by atoms with E-state index in [1.54, 1.807) is 19.0 Å². The summed E-state index contributed by atoms with van der Waals surface area (Å²) in [6.45, 7) is 2.71. The van der Waals surface area contributed by atoms with Crippen LogP contribution in [0.4, 0.5) is 0 Å². The van der Waals surface area contributed by atoms with Gasteiger partial charge in [0.05, 0.1) is 6.10 Å². The average molecular weight is 228 g/mol. The van der Waals surface area contributed by atoms with E-state index < -0.39 is 0 Å². The molecule has 4 heteroatoms. The van der Waals surface area contributed by atoms with Gasteiger partial charge in [0.25, 0.3) is 0 Å². The summed E-state index contributed by atoms with van der Waals surface area (Å²) in [5, 5.41) is 3.29. The Kier molecular flexibility index (Phi) is 6.42. The fourth-order valence-electron chi connectivity index (χ4n) is 1.87. The molecule has 0 aromatic rings. The molecule has 0 bridgehead atoms. The van der Waals surface area contributed by atoms with E-state index >= 15 is 0 Å². The van der Waals surface area contributed by atoms with Crippen molar-refractivity contribution < 1.29 is 9.53 Å². The molecule has 1 aliphatic heterocycles. The van der Waals surface area contributed by atoms with Crippen LogP contribution in [-0.4, -0.2) is 50.7 Å². The van der Waals surface area contributed by atoms with E-state index in [1.165, 1.54) is 12.8 Å². The maximum atomic E-state index is 11.3. The molecule has 1 atom stereocenters. The largest absolute Gasteiger partial charge is 0.378 e. The molecule has 94 valence electrons.